The van der Waals surface area contributed by atoms with Crippen molar-refractivity contribution in [2.45, 2.75) is 17.0 Å². The van der Waals surface area contributed by atoms with Gasteiger partial charge in [-0.15, -0.1) is 0 Å². The fourth-order valence-electron chi connectivity index (χ4n) is 3.26. The Kier molecular flexibility index (Phi) is 5.65. The van der Waals surface area contributed by atoms with E-state index in [4.69, 9.17) is 15.2 Å². The summed E-state index contributed by atoms with van der Waals surface area (Å²) in [5.74, 6) is -0.599. The van der Waals surface area contributed by atoms with E-state index in [-0.39, 0.29) is 16.3 Å². The molecule has 0 unspecified atom stereocenters. The number of nitrogens with two attached hydrogens (primary N) is 1. The van der Waals surface area contributed by atoms with Crippen LogP contribution in [-0.2, 0) is 19.9 Å². The quantitative estimate of drug-likeness (QED) is 0.622. The lowest BCUT2D eigenvalue weighted by atomic mass is 10.2. The van der Waals surface area contributed by atoms with Gasteiger partial charge in [0.15, 0.2) is 9.84 Å². The Morgan fingerprint density at radius 1 is 1.07 bits per heavy atom. The zero-order valence-electron chi connectivity index (χ0n) is 15.8. The van der Waals surface area contributed by atoms with Gasteiger partial charge in [0.1, 0.15) is 16.4 Å². The number of aliphatic hydroxyl groups is 1. The molecular formula is C18H22N2O7S2. The van der Waals surface area contributed by atoms with Gasteiger partial charge in [0.2, 0.25) is 0 Å². The third-order valence-corrected chi connectivity index (χ3v) is 8.24. The summed E-state index contributed by atoms with van der Waals surface area (Å²) in [6, 6.07) is 8.90. The average Bonchev–Trinajstić information content (AvgIpc) is 2.94. The van der Waals surface area contributed by atoms with Crippen LogP contribution in [0.15, 0.2) is 47.4 Å². The fourth-order valence-corrected chi connectivity index (χ4v) is 6.94. The number of rotatable bonds is 6. The molecule has 2 aromatic rings. The van der Waals surface area contributed by atoms with E-state index < -0.39 is 43.5 Å². The van der Waals surface area contributed by atoms with Crippen molar-refractivity contribution in [1.29, 1.82) is 0 Å². The first-order chi connectivity index (χ1) is 13.6. The molecule has 0 aromatic heterocycles. The molecule has 3 N–H and O–H groups in total. The van der Waals surface area contributed by atoms with E-state index in [1.165, 1.54) is 56.7 Å². The minimum absolute atomic E-state index is 0.0279. The molecular weight excluding hydrogens is 420 g/mol. The molecule has 0 spiro atoms. The predicted molar refractivity (Wildman–Crippen MR) is 109 cm³/mol. The largest absolute Gasteiger partial charge is 0.497 e. The van der Waals surface area contributed by atoms with Gasteiger partial charge in [-0.1, -0.05) is 0 Å². The van der Waals surface area contributed by atoms with Crippen LogP contribution in [0.3, 0.4) is 0 Å². The molecule has 2 aromatic carbocycles. The van der Waals surface area contributed by atoms with Gasteiger partial charge in [-0.3, -0.25) is 4.31 Å². The number of benzene rings is 2. The molecule has 0 aliphatic carbocycles. The Balaban J connectivity index is 2.19. The Bertz CT molecular complexity index is 1100. The number of hydrogen-bond donors (Lipinski definition) is 2. The maximum Gasteiger partial charge on any atom is 0.268 e. The summed E-state index contributed by atoms with van der Waals surface area (Å²) in [6.45, 7) is 0. The molecule has 1 aliphatic rings. The summed E-state index contributed by atoms with van der Waals surface area (Å²) in [5, 5.41) is 10.4. The highest BCUT2D eigenvalue weighted by Gasteiger charge is 2.45. The van der Waals surface area contributed by atoms with E-state index in [0.29, 0.717) is 11.4 Å². The van der Waals surface area contributed by atoms with E-state index in [2.05, 4.69) is 0 Å². The highest BCUT2D eigenvalue weighted by molar-refractivity contribution is 7.93. The number of sulfone groups is 1. The second-order valence-electron chi connectivity index (χ2n) is 6.62. The van der Waals surface area contributed by atoms with Crippen molar-refractivity contribution < 1.29 is 31.4 Å². The summed E-state index contributed by atoms with van der Waals surface area (Å²) in [7, 11) is -5.17. The third kappa shape index (κ3) is 4.11. The summed E-state index contributed by atoms with van der Waals surface area (Å²) in [4.78, 5) is -0.186. The number of anilines is 2. The van der Waals surface area contributed by atoms with Crippen molar-refractivity contribution >= 4 is 31.2 Å². The second-order valence-corrected chi connectivity index (χ2v) is 10.6. The van der Waals surface area contributed by atoms with Crippen LogP contribution in [0, 0.1) is 0 Å². The third-order valence-electron chi connectivity index (χ3n) is 4.65. The lowest BCUT2D eigenvalue weighted by Gasteiger charge is -2.32. The highest BCUT2D eigenvalue weighted by Crippen LogP contribution is 2.36. The standard InChI is InChI=1S/C18H22N2O7S2/c1-26-14-7-8-18(17(9-14)27-2)29(24,25)20(13-5-3-12(19)4-6-13)15-10-28(22,23)11-16(15)21/h3-9,15-16,21H,10-11,19H2,1-2H3/t15-,16-/m0/s1. The number of nitrogen functional groups attached to an aromatic ring is 1. The summed E-state index contributed by atoms with van der Waals surface area (Å²) in [6.07, 6.45) is -1.38. The van der Waals surface area contributed by atoms with Gasteiger partial charge in [-0.2, -0.15) is 0 Å². The minimum Gasteiger partial charge on any atom is -0.497 e. The van der Waals surface area contributed by atoms with Crippen LogP contribution in [0.25, 0.3) is 0 Å². The van der Waals surface area contributed by atoms with Crippen molar-refractivity contribution in [1.82, 2.24) is 0 Å². The molecule has 2 atom stereocenters. The summed E-state index contributed by atoms with van der Waals surface area (Å²) in [5.41, 5.74) is 6.29. The number of methoxy groups -OCH3 is 2. The molecule has 158 valence electrons. The summed E-state index contributed by atoms with van der Waals surface area (Å²) >= 11 is 0. The molecule has 29 heavy (non-hydrogen) atoms. The van der Waals surface area contributed by atoms with Gasteiger partial charge in [-0.25, -0.2) is 16.8 Å². The minimum atomic E-state index is -4.31. The predicted octanol–water partition coefficient (Wildman–Crippen LogP) is 0.639. The SMILES string of the molecule is COc1ccc(S(=O)(=O)N(c2ccc(N)cc2)[C@H]2CS(=O)(=O)C[C@@H]2O)c(OC)c1. The van der Waals surface area contributed by atoms with E-state index in [1.807, 2.05) is 0 Å². The molecule has 0 bridgehead atoms. The molecule has 11 heteroatoms. The molecule has 3 rings (SSSR count). The molecule has 1 saturated heterocycles. The van der Waals surface area contributed by atoms with Crippen LogP contribution in [0.5, 0.6) is 11.5 Å². The number of hydrogen-bond acceptors (Lipinski definition) is 8. The fraction of sp³-hybridized carbons (Fsp3) is 0.333. The van der Waals surface area contributed by atoms with Crippen LogP contribution < -0.4 is 19.5 Å². The van der Waals surface area contributed by atoms with Gasteiger partial charge in [0.05, 0.1) is 43.6 Å². The van der Waals surface area contributed by atoms with E-state index in [1.54, 1.807) is 0 Å². The second kappa shape index (κ2) is 7.73. The molecule has 9 nitrogen and oxygen atoms in total. The van der Waals surface area contributed by atoms with Gasteiger partial charge in [0.25, 0.3) is 10.0 Å². The van der Waals surface area contributed by atoms with Crippen LogP contribution in [0.4, 0.5) is 11.4 Å². The zero-order chi connectivity index (χ0) is 21.4. The Hall–Kier alpha value is -2.50. The molecule has 0 radical (unpaired) electrons. The van der Waals surface area contributed by atoms with Gasteiger partial charge >= 0.3 is 0 Å². The number of ether oxygens (including phenoxy) is 2. The zero-order valence-corrected chi connectivity index (χ0v) is 17.5. The van der Waals surface area contributed by atoms with Crippen LogP contribution >= 0.6 is 0 Å². The van der Waals surface area contributed by atoms with Gasteiger partial charge in [0, 0.05) is 11.8 Å². The maximum absolute atomic E-state index is 13.6. The van der Waals surface area contributed by atoms with Crippen molar-refractivity contribution in [2.24, 2.45) is 0 Å². The highest BCUT2D eigenvalue weighted by atomic mass is 32.2. The smallest absolute Gasteiger partial charge is 0.268 e. The number of sulfonamides is 1. The van der Waals surface area contributed by atoms with Crippen LogP contribution in [-0.4, -0.2) is 59.8 Å². The van der Waals surface area contributed by atoms with Crippen LogP contribution in [0.1, 0.15) is 0 Å². The molecule has 1 aliphatic heterocycles. The molecule has 1 fully saturated rings. The number of aliphatic hydroxyl groups excluding tert-OH is 1. The van der Waals surface area contributed by atoms with Gasteiger partial charge < -0.3 is 20.3 Å². The number of nitrogens with zero attached hydrogens (tertiary/aromatic N) is 1. The first-order valence-electron chi connectivity index (χ1n) is 8.59. The van der Waals surface area contributed by atoms with Crippen molar-refractivity contribution in [3.05, 3.63) is 42.5 Å². The monoisotopic (exact) mass is 442 g/mol. The molecule has 1 heterocycles. The lowest BCUT2D eigenvalue weighted by molar-refractivity contribution is 0.184. The first-order valence-corrected chi connectivity index (χ1v) is 11.9. The molecule has 0 saturated carbocycles. The van der Waals surface area contributed by atoms with E-state index in [0.717, 1.165) is 4.31 Å². The van der Waals surface area contributed by atoms with Gasteiger partial charge in [-0.05, 0) is 36.4 Å². The first kappa shape index (κ1) is 21.2. The molecule has 0 amide bonds. The lowest BCUT2D eigenvalue weighted by Crippen LogP contribution is -2.47. The Morgan fingerprint density at radius 2 is 1.72 bits per heavy atom. The normalized spacial score (nSPS) is 20.9. The Labute approximate surface area is 169 Å². The van der Waals surface area contributed by atoms with E-state index >= 15 is 0 Å². The summed E-state index contributed by atoms with van der Waals surface area (Å²) < 4.78 is 62.6. The van der Waals surface area contributed by atoms with Crippen LogP contribution in [0.2, 0.25) is 0 Å². The van der Waals surface area contributed by atoms with Crippen molar-refractivity contribution in [3.8, 4) is 11.5 Å². The van der Waals surface area contributed by atoms with E-state index in [9.17, 15) is 21.9 Å². The Morgan fingerprint density at radius 3 is 2.24 bits per heavy atom. The van der Waals surface area contributed by atoms with Crippen molar-refractivity contribution in [3.63, 3.8) is 0 Å². The average molecular weight is 443 g/mol. The van der Waals surface area contributed by atoms with Crippen molar-refractivity contribution in [2.75, 3.05) is 35.8 Å². The maximum atomic E-state index is 13.6. The topological polar surface area (TPSA) is 136 Å².